The normalized spacial score (nSPS) is 21.7. The lowest BCUT2D eigenvalue weighted by Gasteiger charge is -2.29. The van der Waals surface area contributed by atoms with Crippen molar-refractivity contribution in [3.8, 4) is 0 Å². The van der Waals surface area contributed by atoms with Gasteiger partial charge in [0.2, 0.25) is 5.91 Å². The van der Waals surface area contributed by atoms with Gasteiger partial charge < -0.3 is 15.4 Å². The Labute approximate surface area is 125 Å². The first-order valence-corrected chi connectivity index (χ1v) is 7.26. The summed E-state index contributed by atoms with van der Waals surface area (Å²) in [6, 6.07) is 4.97. The highest BCUT2D eigenvalue weighted by Gasteiger charge is 2.27. The zero-order valence-electron chi connectivity index (χ0n) is 12.7. The van der Waals surface area contributed by atoms with Crippen LogP contribution in [0.4, 0.5) is 5.69 Å². The van der Waals surface area contributed by atoms with Crippen LogP contribution in [-0.4, -0.2) is 31.6 Å². The Hall–Kier alpha value is -1.88. The van der Waals surface area contributed by atoms with Crippen LogP contribution in [0.1, 0.15) is 35.7 Å². The molecule has 5 heteroatoms. The Morgan fingerprint density at radius 2 is 2.14 bits per heavy atom. The molecular weight excluding hydrogens is 268 g/mol. The summed E-state index contributed by atoms with van der Waals surface area (Å²) in [7, 11) is 1.35. The van der Waals surface area contributed by atoms with Gasteiger partial charge in [0, 0.05) is 5.69 Å². The van der Waals surface area contributed by atoms with Crippen molar-refractivity contribution in [2.24, 2.45) is 5.92 Å². The van der Waals surface area contributed by atoms with E-state index >= 15 is 0 Å². The Kier molecular flexibility index (Phi) is 4.96. The van der Waals surface area contributed by atoms with Crippen molar-refractivity contribution in [1.82, 2.24) is 5.32 Å². The molecule has 1 fully saturated rings. The lowest BCUT2D eigenvalue weighted by atomic mass is 9.92. The van der Waals surface area contributed by atoms with Crippen LogP contribution in [0.15, 0.2) is 18.2 Å². The molecule has 0 radical (unpaired) electrons. The Bertz CT molecular complexity index is 542. The van der Waals surface area contributed by atoms with Crippen LogP contribution in [0.25, 0.3) is 0 Å². The fraction of sp³-hybridized carbons (Fsp3) is 0.500. The van der Waals surface area contributed by atoms with E-state index in [-0.39, 0.29) is 17.9 Å². The fourth-order valence-corrected chi connectivity index (χ4v) is 2.66. The number of aryl methyl sites for hydroxylation is 1. The van der Waals surface area contributed by atoms with Crippen LogP contribution in [0.2, 0.25) is 0 Å². The van der Waals surface area contributed by atoms with E-state index in [2.05, 4.69) is 22.3 Å². The highest BCUT2D eigenvalue weighted by atomic mass is 16.5. The molecule has 2 unspecified atom stereocenters. The van der Waals surface area contributed by atoms with Crippen molar-refractivity contribution < 1.29 is 14.3 Å². The zero-order valence-corrected chi connectivity index (χ0v) is 12.7. The first-order chi connectivity index (χ1) is 10.0. The second-order valence-electron chi connectivity index (χ2n) is 5.56. The van der Waals surface area contributed by atoms with E-state index in [1.807, 2.05) is 6.92 Å². The van der Waals surface area contributed by atoms with E-state index in [4.69, 9.17) is 0 Å². The molecule has 21 heavy (non-hydrogen) atoms. The van der Waals surface area contributed by atoms with Crippen LogP contribution in [-0.2, 0) is 9.53 Å². The molecule has 0 bridgehead atoms. The number of rotatable bonds is 3. The summed E-state index contributed by atoms with van der Waals surface area (Å²) in [6.45, 7) is 4.83. The third-order valence-corrected chi connectivity index (χ3v) is 3.96. The van der Waals surface area contributed by atoms with E-state index in [0.29, 0.717) is 11.5 Å². The molecule has 0 spiro atoms. The predicted molar refractivity (Wildman–Crippen MR) is 81.3 cm³/mol. The van der Waals surface area contributed by atoms with Gasteiger partial charge in [0.25, 0.3) is 0 Å². The molecule has 1 heterocycles. The van der Waals surface area contributed by atoms with Crippen LogP contribution in [0, 0.1) is 12.8 Å². The van der Waals surface area contributed by atoms with Crippen LogP contribution < -0.4 is 10.6 Å². The molecule has 1 aromatic rings. The number of nitrogens with one attached hydrogen (secondary N) is 2. The highest BCUT2D eigenvalue weighted by Crippen LogP contribution is 2.20. The van der Waals surface area contributed by atoms with Crippen molar-refractivity contribution >= 4 is 17.6 Å². The summed E-state index contributed by atoms with van der Waals surface area (Å²) in [6.07, 6.45) is 2.17. The van der Waals surface area contributed by atoms with Crippen molar-refractivity contribution in [3.05, 3.63) is 29.3 Å². The SMILES string of the molecule is COC(=O)c1ccc(NC(=O)C2NCCCC2C)c(C)c1. The number of anilines is 1. The molecule has 0 aliphatic carbocycles. The van der Waals surface area contributed by atoms with E-state index < -0.39 is 0 Å². The number of methoxy groups -OCH3 is 1. The molecule has 5 nitrogen and oxygen atoms in total. The lowest BCUT2D eigenvalue weighted by Crippen LogP contribution is -2.48. The highest BCUT2D eigenvalue weighted by molar-refractivity contribution is 5.97. The molecule has 1 saturated heterocycles. The average molecular weight is 290 g/mol. The Balaban J connectivity index is 2.08. The minimum Gasteiger partial charge on any atom is -0.465 e. The largest absolute Gasteiger partial charge is 0.465 e. The molecule has 0 aromatic heterocycles. The van der Waals surface area contributed by atoms with E-state index in [0.717, 1.165) is 30.6 Å². The van der Waals surface area contributed by atoms with Gasteiger partial charge in [-0.15, -0.1) is 0 Å². The number of amides is 1. The number of hydrogen-bond acceptors (Lipinski definition) is 4. The third kappa shape index (κ3) is 3.61. The van der Waals surface area contributed by atoms with Crippen LogP contribution >= 0.6 is 0 Å². The van der Waals surface area contributed by atoms with Gasteiger partial charge in [-0.25, -0.2) is 4.79 Å². The molecule has 1 aromatic carbocycles. The van der Waals surface area contributed by atoms with Crippen molar-refractivity contribution in [2.75, 3.05) is 19.0 Å². The molecule has 0 saturated carbocycles. The maximum Gasteiger partial charge on any atom is 0.337 e. The second-order valence-corrected chi connectivity index (χ2v) is 5.56. The minimum absolute atomic E-state index is 0.0175. The minimum atomic E-state index is -0.376. The smallest absolute Gasteiger partial charge is 0.337 e. The van der Waals surface area contributed by atoms with Gasteiger partial charge in [-0.1, -0.05) is 6.92 Å². The summed E-state index contributed by atoms with van der Waals surface area (Å²) in [5.74, 6) is -0.0666. The monoisotopic (exact) mass is 290 g/mol. The standard InChI is InChI=1S/C16H22N2O3/c1-10-5-4-8-17-14(10)15(19)18-13-7-6-12(9-11(13)2)16(20)21-3/h6-7,9-10,14,17H,4-5,8H2,1-3H3,(H,18,19). The van der Waals surface area contributed by atoms with E-state index in [9.17, 15) is 9.59 Å². The molecule has 1 aliphatic rings. The predicted octanol–water partition coefficient (Wildman–Crippen LogP) is 2.11. The number of benzene rings is 1. The zero-order chi connectivity index (χ0) is 15.4. The van der Waals surface area contributed by atoms with Crippen molar-refractivity contribution in [3.63, 3.8) is 0 Å². The summed E-state index contributed by atoms with van der Waals surface area (Å²) >= 11 is 0. The summed E-state index contributed by atoms with van der Waals surface area (Å²) < 4.78 is 4.69. The number of carbonyl (C=O) groups excluding carboxylic acids is 2. The number of hydrogen-bond donors (Lipinski definition) is 2. The Morgan fingerprint density at radius 1 is 1.38 bits per heavy atom. The maximum atomic E-state index is 12.3. The van der Waals surface area contributed by atoms with Crippen molar-refractivity contribution in [2.45, 2.75) is 32.7 Å². The topological polar surface area (TPSA) is 67.4 Å². The van der Waals surface area contributed by atoms with Gasteiger partial charge in [0.05, 0.1) is 18.7 Å². The summed E-state index contributed by atoms with van der Waals surface area (Å²) in [5.41, 5.74) is 2.05. The van der Waals surface area contributed by atoms with Crippen molar-refractivity contribution in [1.29, 1.82) is 0 Å². The quantitative estimate of drug-likeness (QED) is 0.837. The molecular formula is C16H22N2O3. The lowest BCUT2D eigenvalue weighted by molar-refractivity contribution is -0.119. The molecule has 1 aliphatic heterocycles. The van der Waals surface area contributed by atoms with Gasteiger partial charge in [-0.05, 0) is 56.0 Å². The Morgan fingerprint density at radius 3 is 2.76 bits per heavy atom. The second kappa shape index (κ2) is 6.72. The molecule has 114 valence electrons. The fourth-order valence-electron chi connectivity index (χ4n) is 2.66. The number of esters is 1. The molecule has 2 N–H and O–H groups in total. The number of ether oxygens (including phenoxy) is 1. The van der Waals surface area contributed by atoms with Gasteiger partial charge in [-0.3, -0.25) is 4.79 Å². The van der Waals surface area contributed by atoms with Gasteiger partial charge in [-0.2, -0.15) is 0 Å². The maximum absolute atomic E-state index is 12.3. The summed E-state index contributed by atoms with van der Waals surface area (Å²) in [4.78, 5) is 23.8. The van der Waals surface area contributed by atoms with Gasteiger partial charge in [0.1, 0.15) is 0 Å². The van der Waals surface area contributed by atoms with Crippen LogP contribution in [0.3, 0.4) is 0 Å². The number of carbonyl (C=O) groups is 2. The third-order valence-electron chi connectivity index (χ3n) is 3.96. The molecule has 2 atom stereocenters. The van der Waals surface area contributed by atoms with E-state index in [1.165, 1.54) is 7.11 Å². The number of piperidine rings is 1. The van der Waals surface area contributed by atoms with Gasteiger partial charge in [0.15, 0.2) is 0 Å². The van der Waals surface area contributed by atoms with Crippen LogP contribution in [0.5, 0.6) is 0 Å². The summed E-state index contributed by atoms with van der Waals surface area (Å²) in [5, 5.41) is 6.20. The average Bonchev–Trinajstić information content (AvgIpc) is 2.48. The van der Waals surface area contributed by atoms with E-state index in [1.54, 1.807) is 18.2 Å². The van der Waals surface area contributed by atoms with Gasteiger partial charge >= 0.3 is 5.97 Å². The molecule has 2 rings (SSSR count). The molecule has 1 amide bonds. The first kappa shape index (κ1) is 15.5. The first-order valence-electron chi connectivity index (χ1n) is 7.26.